The quantitative estimate of drug-likeness (QED) is 0.783. The second-order valence-electron chi connectivity index (χ2n) is 9.13. The summed E-state index contributed by atoms with van der Waals surface area (Å²) in [6.45, 7) is 7.30. The van der Waals surface area contributed by atoms with Gasteiger partial charge in [0.15, 0.2) is 5.82 Å². The van der Waals surface area contributed by atoms with Gasteiger partial charge in [0.05, 0.1) is 5.69 Å². The molecule has 5 rings (SSSR count). The van der Waals surface area contributed by atoms with Crippen LogP contribution in [-0.2, 0) is 0 Å². The lowest BCUT2D eigenvalue weighted by atomic mass is 10.1. The summed E-state index contributed by atoms with van der Waals surface area (Å²) in [5, 5.41) is 9.26. The summed E-state index contributed by atoms with van der Waals surface area (Å²) in [6.07, 6.45) is 4.68. The largest absolute Gasteiger partial charge is 0.465 e. The first kappa shape index (κ1) is 20.3. The third kappa shape index (κ3) is 4.39. The number of aromatic nitrogens is 3. The van der Waals surface area contributed by atoms with Crippen molar-refractivity contribution in [1.29, 1.82) is 0 Å². The minimum atomic E-state index is -0.785. The van der Waals surface area contributed by atoms with Gasteiger partial charge in [-0.05, 0) is 51.2 Å². The van der Waals surface area contributed by atoms with Gasteiger partial charge < -0.3 is 19.9 Å². The molecule has 0 radical (unpaired) electrons. The van der Waals surface area contributed by atoms with Crippen LogP contribution in [0.4, 0.5) is 10.6 Å². The summed E-state index contributed by atoms with van der Waals surface area (Å²) in [5.74, 6) is 2.52. The fourth-order valence-corrected chi connectivity index (χ4v) is 5.03. The molecule has 166 valence electrons. The van der Waals surface area contributed by atoms with Gasteiger partial charge >= 0.3 is 6.09 Å². The minimum Gasteiger partial charge on any atom is -0.465 e. The zero-order valence-electron chi connectivity index (χ0n) is 18.3. The number of aromatic amines is 1. The maximum Gasteiger partial charge on any atom is 0.407 e. The molecule has 31 heavy (non-hydrogen) atoms. The van der Waals surface area contributed by atoms with Crippen LogP contribution in [0, 0.1) is 6.92 Å². The summed E-state index contributed by atoms with van der Waals surface area (Å²) in [7, 11) is 0. The number of amides is 1. The number of piperazine rings is 1. The van der Waals surface area contributed by atoms with Crippen molar-refractivity contribution in [2.24, 2.45) is 0 Å². The highest BCUT2D eigenvalue weighted by molar-refractivity contribution is 5.64. The van der Waals surface area contributed by atoms with Gasteiger partial charge in [-0.1, -0.05) is 6.07 Å². The van der Waals surface area contributed by atoms with Crippen LogP contribution in [0.3, 0.4) is 0 Å². The third-order valence-electron chi connectivity index (χ3n) is 6.99. The average Bonchev–Trinajstić information content (AvgIpc) is 3.59. The first-order valence-corrected chi connectivity index (χ1v) is 11.6. The summed E-state index contributed by atoms with van der Waals surface area (Å²) >= 11 is 0. The van der Waals surface area contributed by atoms with E-state index in [1.165, 1.54) is 24.2 Å². The molecule has 8 nitrogen and oxygen atoms in total. The molecule has 3 fully saturated rings. The number of H-pyrrole nitrogens is 1. The Bertz CT molecular complexity index is 932. The SMILES string of the molecule is Cc1[nH]c(-c2cccc(N3CCN(C4CCCN(C(=O)O)CC4)CC3)n2)nc1C1CC1. The van der Waals surface area contributed by atoms with E-state index in [0.717, 1.165) is 62.8 Å². The number of likely N-dealkylation sites (tertiary alicyclic amines) is 1. The number of nitrogens with zero attached hydrogens (tertiary/aromatic N) is 5. The Kier molecular flexibility index (Phi) is 5.56. The van der Waals surface area contributed by atoms with Crippen LogP contribution < -0.4 is 4.90 Å². The van der Waals surface area contributed by atoms with Crippen molar-refractivity contribution in [1.82, 2.24) is 24.8 Å². The van der Waals surface area contributed by atoms with Crippen molar-refractivity contribution in [3.63, 3.8) is 0 Å². The standard InChI is InChI=1S/C23H32N6O2/c1-16-21(17-7-8-17)26-22(24-16)19-5-2-6-20(25-19)28-14-12-27(13-15-28)18-4-3-10-29(11-9-18)23(30)31/h2,5-6,17-18H,3-4,7-15H2,1H3,(H,24,26)(H,30,31). The predicted molar refractivity (Wildman–Crippen MR) is 120 cm³/mol. The molecule has 0 aromatic carbocycles. The fraction of sp³-hybridized carbons (Fsp3) is 0.609. The van der Waals surface area contributed by atoms with E-state index in [2.05, 4.69) is 33.8 Å². The topological polar surface area (TPSA) is 88.6 Å². The maximum atomic E-state index is 11.3. The number of nitrogens with one attached hydrogen (secondary N) is 1. The van der Waals surface area contributed by atoms with Crippen LogP contribution in [0.25, 0.3) is 11.5 Å². The van der Waals surface area contributed by atoms with Gasteiger partial charge in [0.25, 0.3) is 0 Å². The molecule has 8 heteroatoms. The Morgan fingerprint density at radius 3 is 2.58 bits per heavy atom. The number of carboxylic acid groups (broad SMARTS) is 1. The number of aryl methyl sites for hydroxylation is 1. The minimum absolute atomic E-state index is 0.484. The molecule has 2 N–H and O–H groups in total. The van der Waals surface area contributed by atoms with Crippen LogP contribution in [0.5, 0.6) is 0 Å². The molecule has 2 aliphatic heterocycles. The van der Waals surface area contributed by atoms with Gasteiger partial charge in [0.2, 0.25) is 0 Å². The Hall–Kier alpha value is -2.61. The van der Waals surface area contributed by atoms with Crippen LogP contribution in [0.15, 0.2) is 18.2 Å². The second kappa shape index (κ2) is 8.49. The predicted octanol–water partition coefficient (Wildman–Crippen LogP) is 3.31. The number of carbonyl (C=O) groups is 1. The van der Waals surface area contributed by atoms with E-state index in [-0.39, 0.29) is 0 Å². The Labute approximate surface area is 183 Å². The lowest BCUT2D eigenvalue weighted by molar-refractivity contribution is 0.141. The van der Waals surface area contributed by atoms with Crippen molar-refractivity contribution in [2.75, 3.05) is 44.2 Å². The summed E-state index contributed by atoms with van der Waals surface area (Å²) < 4.78 is 0. The highest BCUT2D eigenvalue weighted by Crippen LogP contribution is 2.41. The Balaban J connectivity index is 1.21. The van der Waals surface area contributed by atoms with Crippen molar-refractivity contribution < 1.29 is 9.90 Å². The highest BCUT2D eigenvalue weighted by Gasteiger charge is 2.29. The molecule has 0 bridgehead atoms. The van der Waals surface area contributed by atoms with E-state index in [1.54, 1.807) is 4.90 Å². The number of hydrogen-bond acceptors (Lipinski definition) is 5. The number of hydrogen-bond donors (Lipinski definition) is 2. The Morgan fingerprint density at radius 1 is 1.03 bits per heavy atom. The number of rotatable bonds is 4. The van der Waals surface area contributed by atoms with Crippen LogP contribution in [0.1, 0.15) is 49.4 Å². The smallest absolute Gasteiger partial charge is 0.407 e. The van der Waals surface area contributed by atoms with Gasteiger partial charge in [-0.3, -0.25) is 4.90 Å². The van der Waals surface area contributed by atoms with E-state index >= 15 is 0 Å². The normalized spacial score (nSPS) is 23.1. The van der Waals surface area contributed by atoms with Gasteiger partial charge in [-0.25, -0.2) is 14.8 Å². The molecule has 0 spiro atoms. The van der Waals surface area contributed by atoms with Crippen molar-refractivity contribution in [3.8, 4) is 11.5 Å². The van der Waals surface area contributed by atoms with Crippen LogP contribution in [0.2, 0.25) is 0 Å². The zero-order valence-corrected chi connectivity index (χ0v) is 18.3. The molecule has 2 saturated heterocycles. The third-order valence-corrected chi connectivity index (χ3v) is 6.99. The van der Waals surface area contributed by atoms with Crippen molar-refractivity contribution in [3.05, 3.63) is 29.6 Å². The molecular formula is C23H32N6O2. The lowest BCUT2D eigenvalue weighted by Gasteiger charge is -2.39. The van der Waals surface area contributed by atoms with Crippen LogP contribution >= 0.6 is 0 Å². The Morgan fingerprint density at radius 2 is 1.84 bits per heavy atom. The summed E-state index contributed by atoms with van der Waals surface area (Å²) in [6, 6.07) is 6.68. The van der Waals surface area contributed by atoms with Gasteiger partial charge in [0.1, 0.15) is 11.5 Å². The summed E-state index contributed by atoms with van der Waals surface area (Å²) in [4.78, 5) is 30.9. The molecule has 3 aliphatic rings. The van der Waals surface area contributed by atoms with E-state index < -0.39 is 6.09 Å². The zero-order chi connectivity index (χ0) is 21.4. The van der Waals surface area contributed by atoms with Crippen molar-refractivity contribution in [2.45, 2.75) is 51.0 Å². The average molecular weight is 425 g/mol. The molecule has 1 amide bonds. The lowest BCUT2D eigenvalue weighted by Crippen LogP contribution is -2.50. The molecule has 2 aromatic rings. The van der Waals surface area contributed by atoms with Gasteiger partial charge in [0, 0.05) is 56.9 Å². The number of imidazole rings is 1. The molecule has 1 unspecified atom stereocenters. The molecule has 2 aromatic heterocycles. The number of anilines is 1. The van der Waals surface area contributed by atoms with Crippen molar-refractivity contribution >= 4 is 11.9 Å². The first-order chi connectivity index (χ1) is 15.1. The molecular weight excluding hydrogens is 392 g/mol. The van der Waals surface area contributed by atoms with E-state index in [9.17, 15) is 9.90 Å². The molecule has 1 atom stereocenters. The van der Waals surface area contributed by atoms with E-state index in [0.29, 0.717) is 25.0 Å². The second-order valence-corrected chi connectivity index (χ2v) is 9.13. The highest BCUT2D eigenvalue weighted by atomic mass is 16.4. The summed E-state index contributed by atoms with van der Waals surface area (Å²) in [5.41, 5.74) is 3.29. The first-order valence-electron chi connectivity index (χ1n) is 11.6. The van der Waals surface area contributed by atoms with Crippen LogP contribution in [-0.4, -0.2) is 81.3 Å². The van der Waals surface area contributed by atoms with E-state index in [4.69, 9.17) is 9.97 Å². The van der Waals surface area contributed by atoms with Gasteiger partial charge in [-0.2, -0.15) is 0 Å². The number of pyridine rings is 1. The van der Waals surface area contributed by atoms with Gasteiger partial charge in [-0.15, -0.1) is 0 Å². The maximum absolute atomic E-state index is 11.3. The molecule has 1 saturated carbocycles. The molecule has 1 aliphatic carbocycles. The van der Waals surface area contributed by atoms with E-state index in [1.807, 2.05) is 6.07 Å². The monoisotopic (exact) mass is 424 g/mol. The molecule has 4 heterocycles. The fourth-order valence-electron chi connectivity index (χ4n) is 5.03.